The topological polar surface area (TPSA) is 68.5 Å². The average Bonchev–Trinajstić information content (AvgIpc) is 2.80. The van der Waals surface area contributed by atoms with E-state index in [1.165, 1.54) is 11.5 Å². The van der Waals surface area contributed by atoms with Gasteiger partial charge in [-0.05, 0) is 32.0 Å². The van der Waals surface area contributed by atoms with Gasteiger partial charge in [-0.1, -0.05) is 17.7 Å². The molecule has 5 nitrogen and oxygen atoms in total. The van der Waals surface area contributed by atoms with Gasteiger partial charge in [0.05, 0.1) is 11.2 Å². The number of carbonyl (C=O) groups is 2. The van der Waals surface area contributed by atoms with Crippen molar-refractivity contribution in [2.24, 2.45) is 0 Å². The second kappa shape index (κ2) is 6.05. The molecule has 0 aliphatic rings. The highest BCUT2D eigenvalue weighted by atomic mass is 19.1. The predicted molar refractivity (Wildman–Crippen MR) is 90.5 cm³/mol. The van der Waals surface area contributed by atoms with Crippen LogP contribution in [0.2, 0.25) is 0 Å². The summed E-state index contributed by atoms with van der Waals surface area (Å²) >= 11 is 0. The Labute approximate surface area is 143 Å². The molecule has 0 aliphatic heterocycles. The van der Waals surface area contributed by atoms with E-state index in [2.05, 4.69) is 0 Å². The maximum Gasteiger partial charge on any atom is 0.308 e. The monoisotopic (exact) mass is 341 g/mol. The van der Waals surface area contributed by atoms with Gasteiger partial charge >= 0.3 is 5.97 Å². The molecule has 0 bridgehead atoms. The van der Waals surface area contributed by atoms with Gasteiger partial charge in [0.15, 0.2) is 17.3 Å². The van der Waals surface area contributed by atoms with Crippen LogP contribution in [0, 0.1) is 19.7 Å². The summed E-state index contributed by atoms with van der Waals surface area (Å²) in [6.07, 6.45) is 0. The normalized spacial score (nSPS) is 10.9. The molecule has 6 heteroatoms. The maximum atomic E-state index is 13.9. The molecule has 25 heavy (non-hydrogen) atoms. The number of phenols is 1. The summed E-state index contributed by atoms with van der Waals surface area (Å²) in [5.41, 5.74) is 1.98. The molecule has 1 heterocycles. The molecule has 0 amide bonds. The third-order valence-corrected chi connectivity index (χ3v) is 3.96. The third kappa shape index (κ3) is 2.87. The standard InChI is InChI=1S/C19H16FNO4/c1-10-4-6-13(7-5-10)19(24)21-11(2)18(25-12(3)22)14-8-17(23)15(20)9-16(14)21/h4-9,23H,1-3H3. The molecule has 3 rings (SSSR count). The fourth-order valence-corrected chi connectivity index (χ4v) is 2.75. The first-order valence-electron chi connectivity index (χ1n) is 7.63. The third-order valence-electron chi connectivity index (χ3n) is 3.96. The van der Waals surface area contributed by atoms with E-state index < -0.39 is 17.5 Å². The van der Waals surface area contributed by atoms with Crippen molar-refractivity contribution in [1.82, 2.24) is 4.57 Å². The summed E-state index contributed by atoms with van der Waals surface area (Å²) in [5, 5.41) is 9.94. The number of rotatable bonds is 2. The number of esters is 1. The zero-order valence-electron chi connectivity index (χ0n) is 14.0. The van der Waals surface area contributed by atoms with Gasteiger partial charge < -0.3 is 9.84 Å². The maximum absolute atomic E-state index is 13.9. The Kier molecular flexibility index (Phi) is 4.04. The first-order valence-corrected chi connectivity index (χ1v) is 7.63. The highest BCUT2D eigenvalue weighted by Gasteiger charge is 2.23. The fourth-order valence-electron chi connectivity index (χ4n) is 2.75. The number of aromatic hydroxyl groups is 1. The van der Waals surface area contributed by atoms with Crippen LogP contribution >= 0.6 is 0 Å². The zero-order chi connectivity index (χ0) is 18.3. The molecule has 0 radical (unpaired) electrons. The summed E-state index contributed by atoms with van der Waals surface area (Å²) in [6, 6.07) is 9.14. The Morgan fingerprint density at radius 1 is 1.12 bits per heavy atom. The molecule has 0 fully saturated rings. The summed E-state index contributed by atoms with van der Waals surface area (Å²) in [7, 11) is 0. The minimum absolute atomic E-state index is 0.123. The first kappa shape index (κ1) is 16.7. The van der Waals surface area contributed by atoms with E-state index >= 15 is 0 Å². The van der Waals surface area contributed by atoms with Crippen LogP contribution in [-0.4, -0.2) is 21.6 Å². The van der Waals surface area contributed by atoms with E-state index in [0.717, 1.165) is 17.7 Å². The highest BCUT2D eigenvalue weighted by molar-refractivity contribution is 6.05. The molecule has 0 atom stereocenters. The van der Waals surface area contributed by atoms with Gasteiger partial charge in [0, 0.05) is 23.9 Å². The zero-order valence-corrected chi connectivity index (χ0v) is 14.0. The lowest BCUT2D eigenvalue weighted by atomic mass is 10.1. The molecule has 1 aromatic heterocycles. The number of fused-ring (bicyclic) bond motifs is 1. The molecule has 0 unspecified atom stereocenters. The first-order chi connectivity index (χ1) is 11.8. The summed E-state index contributed by atoms with van der Waals surface area (Å²) in [4.78, 5) is 24.3. The van der Waals surface area contributed by atoms with Gasteiger partial charge in [-0.25, -0.2) is 4.39 Å². The lowest BCUT2D eigenvalue weighted by molar-refractivity contribution is -0.131. The quantitative estimate of drug-likeness (QED) is 0.722. The van der Waals surface area contributed by atoms with Gasteiger partial charge in [0.2, 0.25) is 0 Å². The second-order valence-electron chi connectivity index (χ2n) is 5.84. The van der Waals surface area contributed by atoms with Crippen molar-refractivity contribution in [3.05, 3.63) is 59.0 Å². The average molecular weight is 341 g/mol. The van der Waals surface area contributed by atoms with E-state index in [0.29, 0.717) is 11.3 Å². The number of nitrogens with zero attached hydrogens (tertiary/aromatic N) is 1. The van der Waals surface area contributed by atoms with Crippen LogP contribution in [0.4, 0.5) is 4.39 Å². The molecule has 0 aliphatic carbocycles. The Morgan fingerprint density at radius 3 is 2.36 bits per heavy atom. The number of benzene rings is 2. The van der Waals surface area contributed by atoms with E-state index in [-0.39, 0.29) is 22.6 Å². The van der Waals surface area contributed by atoms with Crippen LogP contribution in [0.3, 0.4) is 0 Å². The molecule has 0 saturated heterocycles. The number of carbonyl (C=O) groups excluding carboxylic acids is 2. The number of hydrogen-bond acceptors (Lipinski definition) is 4. The van der Waals surface area contributed by atoms with Crippen LogP contribution in [-0.2, 0) is 4.79 Å². The smallest absolute Gasteiger partial charge is 0.308 e. The van der Waals surface area contributed by atoms with Gasteiger partial charge in [0.1, 0.15) is 0 Å². The van der Waals surface area contributed by atoms with Crippen LogP contribution in [0.1, 0.15) is 28.5 Å². The molecule has 2 aromatic carbocycles. The molecule has 0 saturated carbocycles. The number of ether oxygens (including phenoxy) is 1. The lowest BCUT2D eigenvalue weighted by Gasteiger charge is -2.08. The molecular formula is C19H16FNO4. The minimum atomic E-state index is -0.864. The van der Waals surface area contributed by atoms with Crippen LogP contribution < -0.4 is 4.74 Å². The molecular weight excluding hydrogens is 325 g/mol. The van der Waals surface area contributed by atoms with Crippen molar-refractivity contribution < 1.29 is 23.8 Å². The second-order valence-corrected chi connectivity index (χ2v) is 5.84. The van der Waals surface area contributed by atoms with Crippen LogP contribution in [0.15, 0.2) is 36.4 Å². The van der Waals surface area contributed by atoms with Gasteiger partial charge in [-0.2, -0.15) is 0 Å². The lowest BCUT2D eigenvalue weighted by Crippen LogP contribution is -2.14. The van der Waals surface area contributed by atoms with E-state index in [9.17, 15) is 19.1 Å². The Balaban J connectivity index is 2.28. The number of aryl methyl sites for hydroxylation is 1. The number of hydrogen-bond donors (Lipinski definition) is 1. The molecule has 1 N–H and O–H groups in total. The Hall–Kier alpha value is -3.15. The number of phenolic OH excluding ortho intramolecular Hbond substituents is 1. The van der Waals surface area contributed by atoms with E-state index in [1.54, 1.807) is 31.2 Å². The molecule has 3 aromatic rings. The van der Waals surface area contributed by atoms with Crippen molar-refractivity contribution in [3.63, 3.8) is 0 Å². The van der Waals surface area contributed by atoms with Gasteiger partial charge in [-0.15, -0.1) is 0 Å². The Bertz CT molecular complexity index is 1000. The van der Waals surface area contributed by atoms with Crippen LogP contribution in [0.25, 0.3) is 10.9 Å². The van der Waals surface area contributed by atoms with Crippen molar-refractivity contribution in [1.29, 1.82) is 0 Å². The van der Waals surface area contributed by atoms with E-state index in [4.69, 9.17) is 4.74 Å². The highest BCUT2D eigenvalue weighted by Crippen LogP contribution is 2.37. The minimum Gasteiger partial charge on any atom is -0.505 e. The summed E-state index contributed by atoms with van der Waals surface area (Å²) < 4.78 is 20.3. The van der Waals surface area contributed by atoms with Crippen molar-refractivity contribution in [2.45, 2.75) is 20.8 Å². The number of halogens is 1. The molecule has 128 valence electrons. The largest absolute Gasteiger partial charge is 0.505 e. The molecule has 0 spiro atoms. The number of aromatic nitrogens is 1. The predicted octanol–water partition coefficient (Wildman–Crippen LogP) is 3.72. The summed E-state index contributed by atoms with van der Waals surface area (Å²) in [5.74, 6) is -2.28. The fraction of sp³-hybridized carbons (Fsp3) is 0.158. The van der Waals surface area contributed by atoms with Crippen molar-refractivity contribution in [3.8, 4) is 11.5 Å². The SMILES string of the molecule is CC(=O)Oc1c(C)n(C(=O)c2ccc(C)cc2)c2cc(F)c(O)cc12. The van der Waals surface area contributed by atoms with E-state index in [1.807, 2.05) is 6.92 Å². The van der Waals surface area contributed by atoms with Crippen LogP contribution in [0.5, 0.6) is 11.5 Å². The van der Waals surface area contributed by atoms with Gasteiger partial charge in [0.25, 0.3) is 5.91 Å². The Morgan fingerprint density at radius 2 is 1.76 bits per heavy atom. The van der Waals surface area contributed by atoms with Gasteiger partial charge in [-0.3, -0.25) is 14.2 Å². The van der Waals surface area contributed by atoms with Crippen molar-refractivity contribution >= 4 is 22.8 Å². The summed E-state index contributed by atoms with van der Waals surface area (Å²) in [6.45, 7) is 4.73. The van der Waals surface area contributed by atoms with Crippen molar-refractivity contribution in [2.75, 3.05) is 0 Å².